The fourth-order valence-corrected chi connectivity index (χ4v) is 5.57. The van der Waals surface area contributed by atoms with E-state index in [0.29, 0.717) is 12.8 Å². The number of allylic oxidation sites excluding steroid dienone is 1. The van der Waals surface area contributed by atoms with Crippen molar-refractivity contribution in [3.05, 3.63) is 46.1 Å². The molecule has 0 saturated heterocycles. The van der Waals surface area contributed by atoms with Gasteiger partial charge in [0, 0.05) is 28.7 Å². The first kappa shape index (κ1) is 23.8. The van der Waals surface area contributed by atoms with Gasteiger partial charge < -0.3 is 10.2 Å². The molecule has 3 aliphatic rings. The van der Waals surface area contributed by atoms with E-state index in [1.54, 1.807) is 13.8 Å². The molecule has 0 bridgehead atoms. The van der Waals surface area contributed by atoms with E-state index in [4.69, 9.17) is 11.6 Å². The molecule has 5 nitrogen and oxygen atoms in total. The Bertz CT molecular complexity index is 1040. The molecular formula is C24H26ClF3N2O3. The number of ketones is 1. The second-order valence-corrected chi connectivity index (χ2v) is 10.4. The Hall–Kier alpha value is -2.35. The number of rotatable bonds is 3. The van der Waals surface area contributed by atoms with Crippen LogP contribution in [0.3, 0.4) is 0 Å². The number of carbonyl (C=O) groups is 3. The highest BCUT2D eigenvalue weighted by Gasteiger charge is 2.72. The monoisotopic (exact) mass is 482 g/mol. The number of nitrogens with one attached hydrogen (secondary N) is 1. The lowest BCUT2D eigenvalue weighted by Crippen LogP contribution is -2.66. The summed E-state index contributed by atoms with van der Waals surface area (Å²) in [5.74, 6) is -3.15. The van der Waals surface area contributed by atoms with Crippen molar-refractivity contribution in [1.82, 2.24) is 10.2 Å². The maximum atomic E-state index is 14.8. The first-order chi connectivity index (χ1) is 15.4. The van der Waals surface area contributed by atoms with E-state index in [-0.39, 0.29) is 29.1 Å². The van der Waals surface area contributed by atoms with E-state index in [9.17, 15) is 27.6 Å². The fraction of sp³-hybridized carbons (Fsp3) is 0.542. The Balaban J connectivity index is 1.88. The lowest BCUT2D eigenvalue weighted by Gasteiger charge is -2.37. The van der Waals surface area contributed by atoms with E-state index in [1.165, 1.54) is 29.2 Å². The molecule has 1 atom stereocenters. The molecule has 0 spiro atoms. The quantitative estimate of drug-likeness (QED) is 0.644. The molecule has 178 valence electrons. The molecule has 1 aromatic rings. The third-order valence-electron chi connectivity index (χ3n) is 6.81. The van der Waals surface area contributed by atoms with Crippen LogP contribution >= 0.6 is 11.6 Å². The number of amides is 2. The van der Waals surface area contributed by atoms with Crippen LogP contribution in [0.4, 0.5) is 13.2 Å². The largest absolute Gasteiger partial charge is 0.425 e. The van der Waals surface area contributed by atoms with Gasteiger partial charge in [0.15, 0.2) is 5.78 Å². The number of carbonyl (C=O) groups excluding carboxylic acids is 3. The zero-order valence-electron chi connectivity index (χ0n) is 18.5. The van der Waals surface area contributed by atoms with Gasteiger partial charge >= 0.3 is 6.18 Å². The Morgan fingerprint density at radius 2 is 1.79 bits per heavy atom. The summed E-state index contributed by atoms with van der Waals surface area (Å²) in [6.45, 7) is 3.60. The minimum absolute atomic E-state index is 0.108. The number of alkyl halides is 3. The fourth-order valence-electron chi connectivity index (χ4n) is 5.38. The van der Waals surface area contributed by atoms with Crippen molar-refractivity contribution in [3.63, 3.8) is 0 Å². The molecule has 1 aliphatic heterocycles. The molecule has 4 rings (SSSR count). The number of Topliss-reactive ketones (excluding diaryl/α,β-unsaturated/α-hetero) is 1. The smallest absolute Gasteiger partial charge is 0.326 e. The molecule has 0 radical (unpaired) electrons. The van der Waals surface area contributed by atoms with Gasteiger partial charge in [-0.2, -0.15) is 13.2 Å². The molecule has 2 aliphatic carbocycles. The molecular weight excluding hydrogens is 457 g/mol. The summed E-state index contributed by atoms with van der Waals surface area (Å²) in [6, 6.07) is 5.02. The van der Waals surface area contributed by atoms with Gasteiger partial charge in [-0.3, -0.25) is 14.4 Å². The van der Waals surface area contributed by atoms with Gasteiger partial charge in [-0.15, -0.1) is 0 Å². The van der Waals surface area contributed by atoms with Crippen molar-refractivity contribution in [2.75, 3.05) is 0 Å². The van der Waals surface area contributed by atoms with Crippen LogP contribution in [-0.2, 0) is 9.59 Å². The van der Waals surface area contributed by atoms with Gasteiger partial charge in [-0.05, 0) is 42.9 Å². The lowest BCUT2D eigenvalue weighted by atomic mass is 9.72. The number of benzene rings is 1. The minimum Gasteiger partial charge on any atom is -0.326 e. The second kappa shape index (κ2) is 8.15. The molecule has 2 amide bonds. The maximum Gasteiger partial charge on any atom is 0.425 e. The zero-order valence-corrected chi connectivity index (χ0v) is 19.3. The Kier molecular flexibility index (Phi) is 5.88. The first-order valence-electron chi connectivity index (χ1n) is 11.1. The normalized spacial score (nSPS) is 25.9. The van der Waals surface area contributed by atoms with Crippen LogP contribution in [-0.4, -0.2) is 40.3 Å². The van der Waals surface area contributed by atoms with Gasteiger partial charge in [0.05, 0.1) is 5.57 Å². The van der Waals surface area contributed by atoms with Crippen molar-refractivity contribution >= 4 is 29.2 Å². The topological polar surface area (TPSA) is 66.5 Å². The van der Waals surface area contributed by atoms with Gasteiger partial charge in [0.2, 0.25) is 5.54 Å². The molecule has 9 heteroatoms. The summed E-state index contributed by atoms with van der Waals surface area (Å²) in [4.78, 5) is 41.1. The summed E-state index contributed by atoms with van der Waals surface area (Å²) >= 11 is 5.91. The van der Waals surface area contributed by atoms with Crippen LogP contribution in [0.2, 0.25) is 5.02 Å². The average molecular weight is 483 g/mol. The molecule has 1 fully saturated rings. The zero-order chi connectivity index (χ0) is 24.2. The van der Waals surface area contributed by atoms with Crippen LogP contribution in [0, 0.1) is 5.41 Å². The molecule has 1 N–H and O–H groups in total. The lowest BCUT2D eigenvalue weighted by molar-refractivity contribution is -0.191. The van der Waals surface area contributed by atoms with Crippen molar-refractivity contribution in [3.8, 4) is 0 Å². The Labute approximate surface area is 195 Å². The highest BCUT2D eigenvalue weighted by Crippen LogP contribution is 2.53. The van der Waals surface area contributed by atoms with E-state index in [2.05, 4.69) is 0 Å². The Morgan fingerprint density at radius 1 is 1.12 bits per heavy atom. The predicted octanol–water partition coefficient (Wildman–Crippen LogP) is 5.19. The van der Waals surface area contributed by atoms with Crippen molar-refractivity contribution in [2.24, 2.45) is 5.41 Å². The number of hydrogen-bond acceptors (Lipinski definition) is 3. The minimum atomic E-state index is -5.21. The summed E-state index contributed by atoms with van der Waals surface area (Å²) < 4.78 is 44.5. The molecule has 1 heterocycles. The third-order valence-corrected chi connectivity index (χ3v) is 7.05. The summed E-state index contributed by atoms with van der Waals surface area (Å²) in [7, 11) is 0. The number of halogens is 4. The van der Waals surface area contributed by atoms with Gasteiger partial charge in [0.25, 0.3) is 11.8 Å². The average Bonchev–Trinajstić information content (AvgIpc) is 2.96. The molecule has 1 aromatic carbocycles. The summed E-state index contributed by atoms with van der Waals surface area (Å²) in [5, 5.41) is 2.13. The highest BCUT2D eigenvalue weighted by molar-refractivity contribution is 6.31. The van der Waals surface area contributed by atoms with Crippen molar-refractivity contribution in [2.45, 2.75) is 76.6 Å². The first-order valence-corrected chi connectivity index (χ1v) is 11.5. The van der Waals surface area contributed by atoms with Gasteiger partial charge in [0.1, 0.15) is 0 Å². The van der Waals surface area contributed by atoms with Crippen LogP contribution in [0.15, 0.2) is 35.5 Å². The SMILES string of the molecule is CC1(C)CC(=O)C2=C(C1)N(C1CCCCC1)C(=O)[C@]2(NC(=O)c1cccc(Cl)c1)C(F)(F)F. The van der Waals surface area contributed by atoms with Crippen molar-refractivity contribution in [1.29, 1.82) is 0 Å². The van der Waals surface area contributed by atoms with Crippen LogP contribution in [0.1, 0.15) is 69.2 Å². The Morgan fingerprint density at radius 3 is 2.39 bits per heavy atom. The second-order valence-electron chi connectivity index (χ2n) is 9.94. The summed E-state index contributed by atoms with van der Waals surface area (Å²) in [6.07, 6.45) is -1.53. The molecule has 0 unspecified atom stereocenters. The molecule has 0 aromatic heterocycles. The third kappa shape index (κ3) is 3.96. The van der Waals surface area contributed by atoms with E-state index in [1.807, 2.05) is 5.32 Å². The summed E-state index contributed by atoms with van der Waals surface area (Å²) in [5.41, 5.74) is -4.65. The standard InChI is InChI=1S/C24H26ClF3N2O3/c1-22(2)12-17-19(18(31)13-22)23(24(26,27)28,21(33)30(17)16-9-4-3-5-10-16)29-20(32)14-7-6-8-15(25)11-14/h6-8,11,16H,3-5,9-10,12-13H2,1-2H3,(H,29,32)/t23-/m0/s1. The number of hydrogen-bond donors (Lipinski definition) is 1. The van der Waals surface area contributed by atoms with Crippen LogP contribution in [0.5, 0.6) is 0 Å². The molecule has 33 heavy (non-hydrogen) atoms. The van der Waals surface area contributed by atoms with Crippen LogP contribution < -0.4 is 5.32 Å². The predicted molar refractivity (Wildman–Crippen MR) is 116 cm³/mol. The van der Waals surface area contributed by atoms with E-state index in [0.717, 1.165) is 19.3 Å². The maximum absolute atomic E-state index is 14.8. The van der Waals surface area contributed by atoms with E-state index < -0.39 is 46.3 Å². The molecule has 1 saturated carbocycles. The van der Waals surface area contributed by atoms with Gasteiger partial charge in [-0.1, -0.05) is 50.8 Å². The van der Waals surface area contributed by atoms with Crippen molar-refractivity contribution < 1.29 is 27.6 Å². The van der Waals surface area contributed by atoms with E-state index >= 15 is 0 Å². The van der Waals surface area contributed by atoms with Crippen LogP contribution in [0.25, 0.3) is 0 Å². The van der Waals surface area contributed by atoms with Gasteiger partial charge in [-0.25, -0.2) is 0 Å². The highest BCUT2D eigenvalue weighted by atomic mass is 35.5. The number of nitrogens with zero attached hydrogens (tertiary/aromatic N) is 1.